The van der Waals surface area contributed by atoms with E-state index in [1.807, 2.05) is 31.2 Å². The molecule has 0 saturated heterocycles. The second kappa shape index (κ2) is 6.80. The zero-order valence-corrected chi connectivity index (χ0v) is 8.30. The summed E-state index contributed by atoms with van der Waals surface area (Å²) < 4.78 is 5.22. The summed E-state index contributed by atoms with van der Waals surface area (Å²) >= 11 is 4.78. The predicted molar refractivity (Wildman–Crippen MR) is 57.3 cm³/mol. The molecule has 2 heteroatoms. The average Bonchev–Trinajstić information content (AvgIpc) is 1.97. The van der Waals surface area contributed by atoms with Gasteiger partial charge in [-0.15, -0.1) is 0 Å². The molecule has 0 rings (SSSR count). The zero-order chi connectivity index (χ0) is 9.40. The second-order valence-electron chi connectivity index (χ2n) is 2.32. The van der Waals surface area contributed by atoms with Crippen LogP contribution in [0.3, 0.4) is 0 Å². The molecule has 66 valence electrons. The summed E-state index contributed by atoms with van der Waals surface area (Å²) in [6.45, 7) is 7.25. The number of ether oxygens (including phenoxy) is 1. The Morgan fingerprint density at radius 3 is 2.58 bits per heavy atom. The number of rotatable bonds is 4. The number of thiocarbonyl (C=S) groups is 1. The molecule has 1 nitrogen and oxygen atoms in total. The van der Waals surface area contributed by atoms with Crippen LogP contribution >= 0.6 is 12.2 Å². The minimum Gasteiger partial charge on any atom is -0.480 e. The maximum absolute atomic E-state index is 5.22. The Kier molecular flexibility index (Phi) is 6.29. The first-order chi connectivity index (χ1) is 5.66. The number of hydrogen-bond donors (Lipinski definition) is 0. The van der Waals surface area contributed by atoms with E-state index in [9.17, 15) is 0 Å². The Morgan fingerprint density at radius 1 is 1.42 bits per heavy atom. The molecule has 0 heterocycles. The van der Waals surface area contributed by atoms with Gasteiger partial charge >= 0.3 is 0 Å². The van der Waals surface area contributed by atoms with Crippen molar-refractivity contribution >= 4 is 17.3 Å². The first-order valence-electron chi connectivity index (χ1n) is 3.80. The standard InChI is InChI=1S/C10H14OS/c1-4-5-6-7-8-9(2)11-10(3)12/h4-9H,1H2,2-3H3. The predicted octanol–water partition coefficient (Wildman–Crippen LogP) is 3.04. The topological polar surface area (TPSA) is 9.23 Å². The first-order valence-corrected chi connectivity index (χ1v) is 4.20. The summed E-state index contributed by atoms with van der Waals surface area (Å²) in [5.74, 6) is 0. The molecule has 1 atom stereocenters. The van der Waals surface area contributed by atoms with E-state index in [-0.39, 0.29) is 6.10 Å². The summed E-state index contributed by atoms with van der Waals surface area (Å²) in [6.07, 6.45) is 9.34. The Bertz CT molecular complexity index is 204. The minimum atomic E-state index is 0.0389. The summed E-state index contributed by atoms with van der Waals surface area (Å²) in [5.41, 5.74) is 0. The Labute approximate surface area is 79.4 Å². The van der Waals surface area contributed by atoms with Crippen LogP contribution in [0.4, 0.5) is 0 Å². The first kappa shape index (κ1) is 11.1. The maximum Gasteiger partial charge on any atom is 0.157 e. The molecule has 0 saturated carbocycles. The van der Waals surface area contributed by atoms with Gasteiger partial charge < -0.3 is 4.74 Å². The fourth-order valence-electron chi connectivity index (χ4n) is 0.664. The van der Waals surface area contributed by atoms with Crippen LogP contribution in [0.25, 0.3) is 0 Å². The van der Waals surface area contributed by atoms with Crippen molar-refractivity contribution in [2.24, 2.45) is 0 Å². The van der Waals surface area contributed by atoms with Crippen LogP contribution in [0.1, 0.15) is 13.8 Å². The van der Waals surface area contributed by atoms with Crippen molar-refractivity contribution in [2.75, 3.05) is 0 Å². The fraction of sp³-hybridized carbons (Fsp3) is 0.300. The van der Waals surface area contributed by atoms with Gasteiger partial charge in [-0.3, -0.25) is 0 Å². The molecule has 0 aliphatic heterocycles. The molecule has 0 spiro atoms. The van der Waals surface area contributed by atoms with Gasteiger partial charge in [-0.25, -0.2) is 0 Å². The van der Waals surface area contributed by atoms with Crippen LogP contribution in [0, 0.1) is 0 Å². The van der Waals surface area contributed by atoms with Crippen molar-refractivity contribution in [1.29, 1.82) is 0 Å². The van der Waals surface area contributed by atoms with Gasteiger partial charge in [0.2, 0.25) is 0 Å². The summed E-state index contributed by atoms with van der Waals surface area (Å²) in [5, 5.41) is 0.569. The molecule has 0 aromatic rings. The van der Waals surface area contributed by atoms with E-state index in [2.05, 4.69) is 6.58 Å². The molecule has 0 aromatic heterocycles. The molecule has 0 aliphatic carbocycles. The van der Waals surface area contributed by atoms with Crippen LogP contribution in [0.5, 0.6) is 0 Å². The average molecular weight is 182 g/mol. The monoisotopic (exact) mass is 182 g/mol. The van der Waals surface area contributed by atoms with Gasteiger partial charge in [-0.05, 0) is 25.2 Å². The SMILES string of the molecule is C=CC=CC=CC(C)OC(C)=S. The van der Waals surface area contributed by atoms with Crippen LogP contribution < -0.4 is 0 Å². The molecular formula is C10H14OS. The Morgan fingerprint density at radius 2 is 2.08 bits per heavy atom. The lowest BCUT2D eigenvalue weighted by molar-refractivity contribution is 0.261. The highest BCUT2D eigenvalue weighted by Gasteiger charge is 1.94. The van der Waals surface area contributed by atoms with Crippen molar-refractivity contribution in [1.82, 2.24) is 0 Å². The van der Waals surface area contributed by atoms with Crippen molar-refractivity contribution in [3.63, 3.8) is 0 Å². The van der Waals surface area contributed by atoms with Crippen LogP contribution in [-0.4, -0.2) is 11.2 Å². The van der Waals surface area contributed by atoms with E-state index in [0.717, 1.165) is 0 Å². The molecular weight excluding hydrogens is 168 g/mol. The van der Waals surface area contributed by atoms with Gasteiger partial charge in [0.1, 0.15) is 6.10 Å². The van der Waals surface area contributed by atoms with Gasteiger partial charge in [0, 0.05) is 6.92 Å². The van der Waals surface area contributed by atoms with E-state index in [4.69, 9.17) is 17.0 Å². The maximum atomic E-state index is 5.22. The van der Waals surface area contributed by atoms with Crippen LogP contribution in [0.15, 0.2) is 37.0 Å². The molecule has 0 fully saturated rings. The van der Waals surface area contributed by atoms with Crippen molar-refractivity contribution < 1.29 is 4.74 Å². The van der Waals surface area contributed by atoms with Crippen LogP contribution in [0.2, 0.25) is 0 Å². The molecule has 0 radical (unpaired) electrons. The lowest BCUT2D eigenvalue weighted by atomic mass is 10.3. The molecule has 0 amide bonds. The van der Waals surface area contributed by atoms with E-state index < -0.39 is 0 Å². The second-order valence-corrected chi connectivity index (χ2v) is 2.89. The van der Waals surface area contributed by atoms with Gasteiger partial charge in [0.05, 0.1) is 0 Å². The van der Waals surface area contributed by atoms with Crippen molar-refractivity contribution in [3.8, 4) is 0 Å². The smallest absolute Gasteiger partial charge is 0.157 e. The molecule has 0 bridgehead atoms. The highest BCUT2D eigenvalue weighted by Crippen LogP contribution is 1.95. The summed E-state index contributed by atoms with van der Waals surface area (Å²) in [7, 11) is 0. The molecule has 0 aliphatic rings. The van der Waals surface area contributed by atoms with E-state index in [1.165, 1.54) is 0 Å². The minimum absolute atomic E-state index is 0.0389. The molecule has 12 heavy (non-hydrogen) atoms. The zero-order valence-electron chi connectivity index (χ0n) is 7.49. The fourth-order valence-corrected chi connectivity index (χ4v) is 0.816. The largest absolute Gasteiger partial charge is 0.480 e. The molecule has 0 aromatic carbocycles. The quantitative estimate of drug-likeness (QED) is 0.488. The Hall–Kier alpha value is -0.890. The number of hydrogen-bond acceptors (Lipinski definition) is 2. The van der Waals surface area contributed by atoms with Gasteiger partial charge in [0.25, 0.3) is 0 Å². The number of allylic oxidation sites excluding steroid dienone is 4. The van der Waals surface area contributed by atoms with Gasteiger partial charge in [-0.2, -0.15) is 0 Å². The van der Waals surface area contributed by atoms with Gasteiger partial charge in [0.15, 0.2) is 5.05 Å². The Balaban J connectivity index is 3.74. The lowest BCUT2D eigenvalue weighted by Gasteiger charge is -2.07. The normalized spacial score (nSPS) is 13.5. The summed E-state index contributed by atoms with van der Waals surface area (Å²) in [6, 6.07) is 0. The molecule has 1 unspecified atom stereocenters. The van der Waals surface area contributed by atoms with Crippen molar-refractivity contribution in [2.45, 2.75) is 20.0 Å². The lowest BCUT2D eigenvalue weighted by Crippen LogP contribution is -2.06. The van der Waals surface area contributed by atoms with E-state index in [0.29, 0.717) is 5.05 Å². The van der Waals surface area contributed by atoms with E-state index >= 15 is 0 Å². The van der Waals surface area contributed by atoms with Crippen LogP contribution in [-0.2, 0) is 4.74 Å². The van der Waals surface area contributed by atoms with Crippen molar-refractivity contribution in [3.05, 3.63) is 37.0 Å². The molecule has 0 N–H and O–H groups in total. The third kappa shape index (κ3) is 7.22. The van der Waals surface area contributed by atoms with E-state index in [1.54, 1.807) is 13.0 Å². The summed E-state index contributed by atoms with van der Waals surface area (Å²) in [4.78, 5) is 0. The third-order valence-electron chi connectivity index (χ3n) is 1.09. The third-order valence-corrected chi connectivity index (χ3v) is 1.19. The highest BCUT2D eigenvalue weighted by molar-refractivity contribution is 7.80. The highest BCUT2D eigenvalue weighted by atomic mass is 32.1. The van der Waals surface area contributed by atoms with Gasteiger partial charge in [-0.1, -0.05) is 30.9 Å².